The topological polar surface area (TPSA) is 56.6 Å². The highest BCUT2D eigenvalue weighted by molar-refractivity contribution is 7.13. The number of H-pyrrole nitrogens is 1. The number of aryl methyl sites for hydroxylation is 1. The molecule has 2 heterocycles. The predicted molar refractivity (Wildman–Crippen MR) is 59.8 cm³/mol. The third-order valence-corrected chi connectivity index (χ3v) is 3.01. The maximum Gasteiger partial charge on any atom is 0.266 e. The third-order valence-electron chi connectivity index (χ3n) is 2.13. The van der Waals surface area contributed by atoms with Gasteiger partial charge in [-0.3, -0.25) is 4.79 Å². The van der Waals surface area contributed by atoms with Gasteiger partial charge in [-0.15, -0.1) is 11.3 Å². The first-order valence-corrected chi connectivity index (χ1v) is 5.28. The molecule has 74 valence electrons. The molecule has 0 aliphatic rings. The Kier molecular flexibility index (Phi) is 2.40. The Bertz CT molecular complexity index is 576. The molecule has 1 N–H and O–H groups in total. The first-order valence-electron chi connectivity index (χ1n) is 4.40. The van der Waals surface area contributed by atoms with Crippen LogP contribution in [-0.2, 0) is 0 Å². The zero-order chi connectivity index (χ0) is 10.8. The minimum absolute atomic E-state index is 0.160. The Morgan fingerprint density at radius 2 is 2.33 bits per heavy atom. The number of pyridine rings is 1. The molecule has 0 saturated carbocycles. The Labute approximate surface area is 90.6 Å². The zero-order valence-electron chi connectivity index (χ0n) is 8.07. The standard InChI is InChI=1S/C11H8N2OS/c1-7-5-8(6-12)11(14)13-10(7)9-3-2-4-15-9/h2-5H,1H3,(H,13,14). The van der Waals surface area contributed by atoms with Gasteiger partial charge in [0.25, 0.3) is 5.56 Å². The van der Waals surface area contributed by atoms with Gasteiger partial charge in [-0.1, -0.05) is 6.07 Å². The number of thiophene rings is 1. The highest BCUT2D eigenvalue weighted by Crippen LogP contribution is 2.24. The van der Waals surface area contributed by atoms with Gasteiger partial charge in [-0.05, 0) is 30.0 Å². The van der Waals surface area contributed by atoms with Gasteiger partial charge in [0.05, 0.1) is 10.6 Å². The summed E-state index contributed by atoms with van der Waals surface area (Å²) in [5.74, 6) is 0. The molecular weight excluding hydrogens is 208 g/mol. The predicted octanol–water partition coefficient (Wildman–Crippen LogP) is 2.28. The Morgan fingerprint density at radius 3 is 2.93 bits per heavy atom. The molecule has 2 aromatic rings. The quantitative estimate of drug-likeness (QED) is 0.795. The number of aromatic nitrogens is 1. The van der Waals surface area contributed by atoms with E-state index in [1.54, 1.807) is 17.4 Å². The lowest BCUT2D eigenvalue weighted by Gasteiger charge is -2.02. The molecule has 3 nitrogen and oxygen atoms in total. The van der Waals surface area contributed by atoms with Gasteiger partial charge < -0.3 is 4.98 Å². The minimum atomic E-state index is -0.327. The van der Waals surface area contributed by atoms with Gasteiger partial charge in [0, 0.05) is 0 Å². The van der Waals surface area contributed by atoms with Crippen LogP contribution in [0.1, 0.15) is 11.1 Å². The van der Waals surface area contributed by atoms with Crippen molar-refractivity contribution in [2.24, 2.45) is 0 Å². The second kappa shape index (κ2) is 3.71. The minimum Gasteiger partial charge on any atom is -0.320 e. The molecule has 0 radical (unpaired) electrons. The van der Waals surface area contributed by atoms with E-state index >= 15 is 0 Å². The Morgan fingerprint density at radius 1 is 1.53 bits per heavy atom. The van der Waals surface area contributed by atoms with E-state index in [9.17, 15) is 4.79 Å². The molecule has 0 aliphatic heterocycles. The van der Waals surface area contributed by atoms with E-state index < -0.39 is 0 Å². The first-order chi connectivity index (χ1) is 7.22. The average molecular weight is 216 g/mol. The summed E-state index contributed by atoms with van der Waals surface area (Å²) in [5, 5.41) is 10.6. The van der Waals surface area contributed by atoms with Crippen LogP contribution in [0.5, 0.6) is 0 Å². The van der Waals surface area contributed by atoms with Crippen molar-refractivity contribution >= 4 is 11.3 Å². The van der Waals surface area contributed by atoms with Crippen molar-refractivity contribution in [3.63, 3.8) is 0 Å². The van der Waals surface area contributed by atoms with Crippen LogP contribution in [0.3, 0.4) is 0 Å². The van der Waals surface area contributed by atoms with Crippen molar-refractivity contribution in [2.75, 3.05) is 0 Å². The number of nitrogens with one attached hydrogen (secondary N) is 1. The molecule has 0 saturated heterocycles. The van der Waals surface area contributed by atoms with E-state index in [0.29, 0.717) is 0 Å². The van der Waals surface area contributed by atoms with Crippen molar-refractivity contribution in [3.8, 4) is 16.6 Å². The van der Waals surface area contributed by atoms with Crippen molar-refractivity contribution in [2.45, 2.75) is 6.92 Å². The highest BCUT2D eigenvalue weighted by atomic mass is 32.1. The lowest BCUT2D eigenvalue weighted by molar-refractivity contribution is 1.19. The summed E-state index contributed by atoms with van der Waals surface area (Å²) < 4.78 is 0. The summed E-state index contributed by atoms with van der Waals surface area (Å²) in [5.41, 5.74) is 1.54. The molecule has 0 aliphatic carbocycles. The summed E-state index contributed by atoms with van der Waals surface area (Å²) in [7, 11) is 0. The van der Waals surface area contributed by atoms with E-state index in [2.05, 4.69) is 4.98 Å². The summed E-state index contributed by atoms with van der Waals surface area (Å²) in [6, 6.07) is 7.35. The van der Waals surface area contributed by atoms with E-state index in [4.69, 9.17) is 5.26 Å². The van der Waals surface area contributed by atoms with E-state index in [1.807, 2.05) is 30.5 Å². The smallest absolute Gasteiger partial charge is 0.266 e. The van der Waals surface area contributed by atoms with Crippen molar-refractivity contribution in [1.82, 2.24) is 4.98 Å². The number of nitrogens with zero attached hydrogens (tertiary/aromatic N) is 1. The molecule has 4 heteroatoms. The summed E-state index contributed by atoms with van der Waals surface area (Å²) in [6.45, 7) is 1.88. The normalized spacial score (nSPS) is 9.87. The highest BCUT2D eigenvalue weighted by Gasteiger charge is 2.07. The zero-order valence-corrected chi connectivity index (χ0v) is 8.89. The molecule has 0 unspecified atom stereocenters. The number of hydrogen-bond donors (Lipinski definition) is 1. The molecular formula is C11H8N2OS. The lowest BCUT2D eigenvalue weighted by Crippen LogP contribution is -2.11. The summed E-state index contributed by atoms with van der Waals surface area (Å²) in [6.07, 6.45) is 0. The van der Waals surface area contributed by atoms with Gasteiger partial charge in [-0.2, -0.15) is 5.26 Å². The molecule has 0 amide bonds. The molecule has 0 aromatic carbocycles. The summed E-state index contributed by atoms with van der Waals surface area (Å²) in [4.78, 5) is 15.2. The van der Waals surface area contributed by atoms with Crippen LogP contribution in [0, 0.1) is 18.3 Å². The van der Waals surface area contributed by atoms with Crippen molar-refractivity contribution < 1.29 is 0 Å². The molecule has 15 heavy (non-hydrogen) atoms. The molecule has 0 fully saturated rings. The average Bonchev–Trinajstić information content (AvgIpc) is 2.74. The summed E-state index contributed by atoms with van der Waals surface area (Å²) >= 11 is 1.56. The SMILES string of the molecule is Cc1cc(C#N)c(=O)[nH]c1-c1cccs1. The fourth-order valence-corrected chi connectivity index (χ4v) is 2.18. The lowest BCUT2D eigenvalue weighted by atomic mass is 10.1. The first kappa shape index (κ1) is 9.69. The van der Waals surface area contributed by atoms with Crippen LogP contribution in [-0.4, -0.2) is 4.98 Å². The Balaban J connectivity index is 2.67. The van der Waals surface area contributed by atoms with Crippen molar-refractivity contribution in [1.29, 1.82) is 5.26 Å². The van der Waals surface area contributed by atoms with Crippen LogP contribution in [0.15, 0.2) is 28.4 Å². The third kappa shape index (κ3) is 1.69. The van der Waals surface area contributed by atoms with Gasteiger partial charge in [0.15, 0.2) is 0 Å². The Hall–Kier alpha value is -1.86. The monoisotopic (exact) mass is 216 g/mol. The molecule has 0 spiro atoms. The van der Waals surface area contributed by atoms with Gasteiger partial charge in [0.1, 0.15) is 11.6 Å². The van der Waals surface area contributed by atoms with Crippen LogP contribution in [0.2, 0.25) is 0 Å². The van der Waals surface area contributed by atoms with Crippen molar-refractivity contribution in [3.05, 3.63) is 45.1 Å². The number of nitriles is 1. The largest absolute Gasteiger partial charge is 0.320 e. The fraction of sp³-hybridized carbons (Fsp3) is 0.0909. The van der Waals surface area contributed by atoms with Gasteiger partial charge in [0.2, 0.25) is 0 Å². The fourth-order valence-electron chi connectivity index (χ4n) is 1.39. The van der Waals surface area contributed by atoms with Crippen LogP contribution < -0.4 is 5.56 Å². The maximum absolute atomic E-state index is 11.4. The number of rotatable bonds is 1. The molecule has 2 rings (SSSR count). The van der Waals surface area contributed by atoms with Crippen LogP contribution in [0.25, 0.3) is 10.6 Å². The van der Waals surface area contributed by atoms with E-state index in [-0.39, 0.29) is 11.1 Å². The maximum atomic E-state index is 11.4. The van der Waals surface area contributed by atoms with Crippen LogP contribution >= 0.6 is 11.3 Å². The van der Waals surface area contributed by atoms with Gasteiger partial charge >= 0.3 is 0 Å². The second-order valence-corrected chi connectivity index (χ2v) is 4.11. The molecule has 0 bridgehead atoms. The molecule has 2 aromatic heterocycles. The number of hydrogen-bond acceptors (Lipinski definition) is 3. The molecule has 0 atom stereocenters. The second-order valence-electron chi connectivity index (χ2n) is 3.16. The van der Waals surface area contributed by atoms with E-state index in [0.717, 1.165) is 16.1 Å². The number of aromatic amines is 1. The van der Waals surface area contributed by atoms with E-state index in [1.165, 1.54) is 0 Å². The van der Waals surface area contributed by atoms with Crippen LogP contribution in [0.4, 0.5) is 0 Å². The van der Waals surface area contributed by atoms with Gasteiger partial charge in [-0.25, -0.2) is 0 Å².